The Morgan fingerprint density at radius 1 is 1.05 bits per heavy atom. The fraction of sp³-hybridized carbons (Fsp3) is 0.174. The summed E-state index contributed by atoms with van der Waals surface area (Å²) >= 11 is 5.77. The van der Waals surface area contributed by atoms with Crippen molar-refractivity contribution in [1.29, 1.82) is 0 Å². The summed E-state index contributed by atoms with van der Waals surface area (Å²) in [5.41, 5.74) is 1.60. The summed E-state index contributed by atoms with van der Waals surface area (Å²) in [6.07, 6.45) is 2.82. The lowest BCUT2D eigenvalue weighted by atomic mass is 10.2. The van der Waals surface area contributed by atoms with E-state index in [0.717, 1.165) is 0 Å². The number of hydroxylamine groups is 1. The summed E-state index contributed by atoms with van der Waals surface area (Å²) in [6, 6.07) is 9.62. The lowest BCUT2D eigenvalue weighted by Gasteiger charge is -2.25. The van der Waals surface area contributed by atoms with Gasteiger partial charge in [0.05, 0.1) is 11.4 Å². The third-order valence-corrected chi connectivity index (χ3v) is 7.12. The quantitative estimate of drug-likeness (QED) is 0.291. The van der Waals surface area contributed by atoms with Gasteiger partial charge in [0.15, 0.2) is 17.4 Å². The number of likely N-dealkylation sites (N-methyl/N-ethyl adjacent to an activating group) is 1. The highest BCUT2D eigenvalue weighted by Crippen LogP contribution is 2.31. The van der Waals surface area contributed by atoms with E-state index in [4.69, 9.17) is 21.5 Å². The first kappa shape index (κ1) is 27.9. The van der Waals surface area contributed by atoms with Gasteiger partial charge >= 0.3 is 0 Å². The normalized spacial score (nSPS) is 11.3. The predicted octanol–water partition coefficient (Wildman–Crippen LogP) is 3.07. The molecule has 196 valence electrons. The number of amides is 2. The molecule has 0 unspecified atom stereocenters. The van der Waals surface area contributed by atoms with Crippen molar-refractivity contribution in [2.24, 2.45) is 0 Å². The Bertz CT molecular complexity index is 1350. The van der Waals surface area contributed by atoms with Crippen LogP contribution in [0.2, 0.25) is 5.02 Å². The molecule has 0 aliphatic heterocycles. The topological polar surface area (TPSA) is 129 Å². The maximum atomic E-state index is 14.8. The molecule has 0 atom stereocenters. The van der Waals surface area contributed by atoms with E-state index in [1.54, 1.807) is 0 Å². The van der Waals surface area contributed by atoms with Crippen LogP contribution in [0.15, 0.2) is 65.8 Å². The van der Waals surface area contributed by atoms with E-state index in [0.29, 0.717) is 27.0 Å². The van der Waals surface area contributed by atoms with Crippen LogP contribution in [0, 0.1) is 11.6 Å². The van der Waals surface area contributed by atoms with Crippen LogP contribution >= 0.6 is 11.6 Å². The van der Waals surface area contributed by atoms with Crippen LogP contribution in [-0.4, -0.2) is 66.3 Å². The van der Waals surface area contributed by atoms with Gasteiger partial charge in [-0.05, 0) is 48.5 Å². The number of nitrogens with zero attached hydrogens (tertiary/aromatic N) is 3. The maximum Gasteiger partial charge on any atom is 0.258 e. The molecular formula is C23H21ClF2N4O6S. The van der Waals surface area contributed by atoms with E-state index in [1.807, 2.05) is 0 Å². The highest BCUT2D eigenvalue weighted by molar-refractivity contribution is 7.89. The number of carbonyl (C=O) groups excluding carboxylic acids is 2. The van der Waals surface area contributed by atoms with Gasteiger partial charge in [-0.15, -0.1) is 0 Å². The molecule has 1 aromatic heterocycles. The molecule has 10 nitrogen and oxygen atoms in total. The number of hydrogen-bond donors (Lipinski definition) is 2. The second kappa shape index (κ2) is 12.1. The molecule has 0 radical (unpaired) electrons. The molecule has 1 heterocycles. The number of benzene rings is 2. The molecule has 0 saturated heterocycles. The number of carbonyl (C=O) groups is 2. The molecule has 2 N–H and O–H groups in total. The van der Waals surface area contributed by atoms with E-state index in [2.05, 4.69) is 4.98 Å². The molecule has 37 heavy (non-hydrogen) atoms. The smallest absolute Gasteiger partial charge is 0.258 e. The summed E-state index contributed by atoms with van der Waals surface area (Å²) in [4.78, 5) is 28.5. The Kier molecular flexibility index (Phi) is 9.10. The van der Waals surface area contributed by atoms with Crippen LogP contribution in [0.4, 0.5) is 8.78 Å². The van der Waals surface area contributed by atoms with Crippen molar-refractivity contribution in [2.45, 2.75) is 4.90 Å². The van der Waals surface area contributed by atoms with Crippen LogP contribution in [0.25, 0.3) is 0 Å². The third-order valence-electron chi connectivity index (χ3n) is 5.05. The number of halogens is 3. The Hall–Kier alpha value is -3.65. The number of ether oxygens (including phenoxy) is 1. The van der Waals surface area contributed by atoms with Gasteiger partial charge in [0, 0.05) is 43.1 Å². The van der Waals surface area contributed by atoms with E-state index in [1.165, 1.54) is 66.2 Å². The highest BCUT2D eigenvalue weighted by atomic mass is 35.5. The lowest BCUT2D eigenvalue weighted by molar-refractivity contribution is -0.129. The van der Waals surface area contributed by atoms with Gasteiger partial charge in [0.1, 0.15) is 5.75 Å². The molecule has 14 heteroatoms. The SMILES string of the molecule is CN(CCN(CC(=O)NO)S(=O)(=O)c1cc(F)c(Oc2ccc(Cl)cc2)c(F)c1)C(=O)c1ccncc1. The van der Waals surface area contributed by atoms with Gasteiger partial charge in [0.2, 0.25) is 10.0 Å². The van der Waals surface area contributed by atoms with Crippen LogP contribution in [0.5, 0.6) is 11.5 Å². The van der Waals surface area contributed by atoms with E-state index >= 15 is 0 Å². The zero-order valence-corrected chi connectivity index (χ0v) is 20.8. The lowest BCUT2D eigenvalue weighted by Crippen LogP contribution is -2.44. The van der Waals surface area contributed by atoms with Crippen LogP contribution < -0.4 is 10.2 Å². The summed E-state index contributed by atoms with van der Waals surface area (Å²) in [6.45, 7) is -1.51. The highest BCUT2D eigenvalue weighted by Gasteiger charge is 2.30. The maximum absolute atomic E-state index is 14.8. The fourth-order valence-electron chi connectivity index (χ4n) is 3.11. The van der Waals surface area contributed by atoms with Crippen LogP contribution in [0.1, 0.15) is 10.4 Å². The van der Waals surface area contributed by atoms with Gasteiger partial charge in [-0.1, -0.05) is 11.6 Å². The number of rotatable bonds is 10. The summed E-state index contributed by atoms with van der Waals surface area (Å²) in [5, 5.41) is 9.25. The average Bonchev–Trinajstić information content (AvgIpc) is 2.89. The van der Waals surface area contributed by atoms with Gasteiger partial charge in [0.25, 0.3) is 11.8 Å². The summed E-state index contributed by atoms with van der Waals surface area (Å²) < 4.78 is 61.7. The number of sulfonamides is 1. The minimum absolute atomic E-state index is 0.0564. The molecule has 0 aliphatic rings. The monoisotopic (exact) mass is 554 g/mol. The van der Waals surface area contributed by atoms with Crippen molar-refractivity contribution in [3.8, 4) is 11.5 Å². The largest absolute Gasteiger partial charge is 0.451 e. The molecule has 2 amide bonds. The van der Waals surface area contributed by atoms with Gasteiger partial charge in [-0.25, -0.2) is 22.7 Å². The second-order valence-corrected chi connectivity index (χ2v) is 9.98. The van der Waals surface area contributed by atoms with Crippen LogP contribution in [-0.2, 0) is 14.8 Å². The molecule has 0 fully saturated rings. The predicted molar refractivity (Wildman–Crippen MR) is 128 cm³/mol. The van der Waals surface area contributed by atoms with Crippen molar-refractivity contribution in [3.05, 3.63) is 83.1 Å². The molecule has 3 rings (SSSR count). The number of pyridine rings is 1. The zero-order valence-electron chi connectivity index (χ0n) is 19.3. The van der Waals surface area contributed by atoms with Crippen molar-refractivity contribution in [3.63, 3.8) is 0 Å². The number of hydrogen-bond acceptors (Lipinski definition) is 7. The minimum Gasteiger partial charge on any atom is -0.451 e. The molecule has 3 aromatic rings. The minimum atomic E-state index is -4.67. The third kappa shape index (κ3) is 6.98. The van der Waals surface area contributed by atoms with E-state index in [-0.39, 0.29) is 12.3 Å². The summed E-state index contributed by atoms with van der Waals surface area (Å²) in [7, 11) is -3.27. The molecule has 2 aromatic carbocycles. The van der Waals surface area contributed by atoms with Gasteiger partial charge < -0.3 is 9.64 Å². The molecule has 0 spiro atoms. The molecule has 0 aliphatic carbocycles. The first-order chi connectivity index (χ1) is 17.5. The summed E-state index contributed by atoms with van der Waals surface area (Å²) in [5.74, 6) is -4.97. The average molecular weight is 555 g/mol. The Morgan fingerprint density at radius 3 is 2.22 bits per heavy atom. The van der Waals surface area contributed by atoms with Crippen molar-refractivity contribution in [1.82, 2.24) is 19.7 Å². The first-order valence-corrected chi connectivity index (χ1v) is 12.4. The Labute approximate surface area is 216 Å². The van der Waals surface area contributed by atoms with E-state index in [9.17, 15) is 26.8 Å². The van der Waals surface area contributed by atoms with Gasteiger partial charge in [-0.2, -0.15) is 4.31 Å². The number of aromatic nitrogens is 1. The Balaban J connectivity index is 1.85. The van der Waals surface area contributed by atoms with Crippen molar-refractivity contribution < 1.29 is 36.7 Å². The molecular weight excluding hydrogens is 534 g/mol. The number of nitrogens with one attached hydrogen (secondary N) is 1. The second-order valence-electron chi connectivity index (χ2n) is 7.61. The molecule has 0 bridgehead atoms. The van der Waals surface area contributed by atoms with Gasteiger partial charge in [-0.3, -0.25) is 19.8 Å². The fourth-order valence-corrected chi connectivity index (χ4v) is 4.65. The first-order valence-electron chi connectivity index (χ1n) is 10.5. The van der Waals surface area contributed by atoms with Crippen molar-refractivity contribution >= 4 is 33.4 Å². The van der Waals surface area contributed by atoms with E-state index < -0.39 is 57.2 Å². The zero-order chi connectivity index (χ0) is 27.2. The van der Waals surface area contributed by atoms with Crippen molar-refractivity contribution in [2.75, 3.05) is 26.7 Å². The Morgan fingerprint density at radius 2 is 1.65 bits per heavy atom. The van der Waals surface area contributed by atoms with Crippen LogP contribution in [0.3, 0.4) is 0 Å². The standard InChI is InChI=1S/C23H21ClF2N4O6S/c1-29(23(32)15-6-8-27-9-7-15)10-11-30(14-21(31)28-33)37(34,35)18-12-19(25)22(20(26)13-18)36-17-4-2-16(24)3-5-17/h2-9,12-13,33H,10-11,14H2,1H3,(H,28,31). The molecule has 0 saturated carbocycles.